The number of carbonyl (C=O) groups excluding carboxylic acids is 1. The third-order valence-electron chi connectivity index (χ3n) is 5.11. The molecule has 0 spiro atoms. The predicted molar refractivity (Wildman–Crippen MR) is 105 cm³/mol. The molecule has 1 amide bonds. The van der Waals surface area contributed by atoms with Crippen molar-refractivity contribution >= 4 is 11.7 Å². The fourth-order valence-corrected chi connectivity index (χ4v) is 3.90. The first-order chi connectivity index (χ1) is 12.8. The number of benzene rings is 1. The third-order valence-corrected chi connectivity index (χ3v) is 5.11. The van der Waals surface area contributed by atoms with Gasteiger partial charge in [0.05, 0.1) is 12.2 Å². The van der Waals surface area contributed by atoms with E-state index in [-0.39, 0.29) is 17.2 Å². The highest BCUT2D eigenvalue weighted by molar-refractivity contribution is 5.94. The maximum Gasteiger partial charge on any atom is 0.226 e. The van der Waals surface area contributed by atoms with Crippen molar-refractivity contribution in [1.29, 1.82) is 0 Å². The van der Waals surface area contributed by atoms with Crippen molar-refractivity contribution in [3.63, 3.8) is 0 Å². The fraction of sp³-hybridized carbons (Fsp3) is 0.381. The van der Waals surface area contributed by atoms with Crippen LogP contribution in [0.5, 0.6) is 0 Å². The summed E-state index contributed by atoms with van der Waals surface area (Å²) in [6.07, 6.45) is 4.17. The maximum absolute atomic E-state index is 12.5. The molecule has 1 aromatic carbocycles. The van der Waals surface area contributed by atoms with Crippen LogP contribution in [0, 0.1) is 0 Å². The molecule has 1 aliphatic rings. The molecule has 0 fully saturated rings. The number of anilines is 1. The minimum atomic E-state index is -0.109. The van der Waals surface area contributed by atoms with Crippen molar-refractivity contribution in [2.45, 2.75) is 45.1 Å². The minimum absolute atomic E-state index is 0.0107. The van der Waals surface area contributed by atoms with Crippen LogP contribution >= 0.6 is 0 Å². The molecule has 0 radical (unpaired) electrons. The molecule has 27 heavy (non-hydrogen) atoms. The number of nitrogens with zero attached hydrogens (tertiary/aromatic N) is 4. The lowest BCUT2D eigenvalue weighted by Crippen LogP contribution is -2.27. The van der Waals surface area contributed by atoms with E-state index in [0.29, 0.717) is 13.0 Å². The standard InChI is InChI=1S/C21H25N5O/c1-21(2,3)19-18-16(12-17(27)23-20(18)25(4)24-19)15-9-6-5-8-14(15)13-26-11-7-10-22-26/h5-11,16H,12-13H2,1-4H3,(H,23,27). The van der Waals surface area contributed by atoms with Crippen LogP contribution in [-0.2, 0) is 23.8 Å². The van der Waals surface area contributed by atoms with Crippen LogP contribution in [0.1, 0.15) is 55.5 Å². The second kappa shape index (κ2) is 6.37. The van der Waals surface area contributed by atoms with Gasteiger partial charge in [-0.3, -0.25) is 14.2 Å². The summed E-state index contributed by atoms with van der Waals surface area (Å²) >= 11 is 0. The zero-order chi connectivity index (χ0) is 19.2. The molecule has 1 atom stereocenters. The summed E-state index contributed by atoms with van der Waals surface area (Å²) in [6, 6.07) is 10.3. The van der Waals surface area contributed by atoms with Crippen molar-refractivity contribution in [1.82, 2.24) is 19.6 Å². The molecular weight excluding hydrogens is 338 g/mol. The van der Waals surface area contributed by atoms with Gasteiger partial charge in [0.1, 0.15) is 5.82 Å². The molecule has 3 aromatic rings. The highest BCUT2D eigenvalue weighted by Crippen LogP contribution is 2.43. The van der Waals surface area contributed by atoms with Gasteiger partial charge in [0.2, 0.25) is 5.91 Å². The lowest BCUT2D eigenvalue weighted by atomic mass is 9.78. The van der Waals surface area contributed by atoms with Gasteiger partial charge in [0, 0.05) is 42.8 Å². The lowest BCUT2D eigenvalue weighted by Gasteiger charge is -2.28. The summed E-state index contributed by atoms with van der Waals surface area (Å²) < 4.78 is 3.71. The van der Waals surface area contributed by atoms with Crippen LogP contribution in [-0.4, -0.2) is 25.5 Å². The molecule has 1 aliphatic heterocycles. The number of hydrogen-bond donors (Lipinski definition) is 1. The number of amides is 1. The molecule has 6 nitrogen and oxygen atoms in total. The number of rotatable bonds is 3. The van der Waals surface area contributed by atoms with Crippen LogP contribution in [0.15, 0.2) is 42.7 Å². The normalized spacial score (nSPS) is 16.9. The number of aromatic nitrogens is 4. The van der Waals surface area contributed by atoms with E-state index in [1.54, 1.807) is 10.9 Å². The van der Waals surface area contributed by atoms with E-state index in [1.807, 2.05) is 36.1 Å². The van der Waals surface area contributed by atoms with Gasteiger partial charge < -0.3 is 5.32 Å². The first-order valence-electron chi connectivity index (χ1n) is 9.27. The summed E-state index contributed by atoms with van der Waals surface area (Å²) in [6.45, 7) is 7.18. The van der Waals surface area contributed by atoms with Gasteiger partial charge in [-0.05, 0) is 17.2 Å². The highest BCUT2D eigenvalue weighted by Gasteiger charge is 2.37. The van der Waals surface area contributed by atoms with E-state index < -0.39 is 0 Å². The van der Waals surface area contributed by atoms with Gasteiger partial charge in [-0.15, -0.1) is 0 Å². The number of aryl methyl sites for hydroxylation is 1. The molecule has 0 saturated carbocycles. The number of carbonyl (C=O) groups is 1. The molecule has 140 valence electrons. The molecule has 1 N–H and O–H groups in total. The quantitative estimate of drug-likeness (QED) is 0.775. The zero-order valence-corrected chi connectivity index (χ0v) is 16.2. The summed E-state index contributed by atoms with van der Waals surface area (Å²) in [4.78, 5) is 12.5. The largest absolute Gasteiger partial charge is 0.311 e. The zero-order valence-electron chi connectivity index (χ0n) is 16.2. The molecule has 1 unspecified atom stereocenters. The van der Waals surface area contributed by atoms with Crippen LogP contribution in [0.4, 0.5) is 5.82 Å². The molecule has 0 saturated heterocycles. The Kier molecular flexibility index (Phi) is 4.13. The van der Waals surface area contributed by atoms with E-state index in [9.17, 15) is 4.79 Å². The topological polar surface area (TPSA) is 64.7 Å². The summed E-state index contributed by atoms with van der Waals surface area (Å²) in [7, 11) is 1.90. The monoisotopic (exact) mass is 363 g/mol. The fourth-order valence-electron chi connectivity index (χ4n) is 3.90. The van der Waals surface area contributed by atoms with Crippen LogP contribution < -0.4 is 5.32 Å². The van der Waals surface area contributed by atoms with E-state index >= 15 is 0 Å². The Morgan fingerprint density at radius 3 is 2.70 bits per heavy atom. The van der Waals surface area contributed by atoms with Gasteiger partial charge in [-0.25, -0.2) is 0 Å². The summed E-state index contributed by atoms with van der Waals surface area (Å²) in [5.41, 5.74) is 4.41. The lowest BCUT2D eigenvalue weighted by molar-refractivity contribution is -0.116. The Bertz CT molecular complexity index is 979. The Hall–Kier alpha value is -2.89. The molecule has 0 bridgehead atoms. The van der Waals surface area contributed by atoms with Crippen molar-refractivity contribution < 1.29 is 4.79 Å². The second-order valence-corrected chi connectivity index (χ2v) is 8.19. The SMILES string of the molecule is Cn1nc(C(C)(C)C)c2c1NC(=O)CC2c1ccccc1Cn1cccn1. The second-order valence-electron chi connectivity index (χ2n) is 8.19. The van der Waals surface area contributed by atoms with Gasteiger partial charge in [0.25, 0.3) is 0 Å². The van der Waals surface area contributed by atoms with Crippen molar-refractivity contribution in [3.05, 3.63) is 65.1 Å². The molecule has 3 heterocycles. The smallest absolute Gasteiger partial charge is 0.226 e. The Balaban J connectivity index is 1.86. The highest BCUT2D eigenvalue weighted by atomic mass is 16.1. The van der Waals surface area contributed by atoms with Crippen LogP contribution in [0.25, 0.3) is 0 Å². The summed E-state index contributed by atoms with van der Waals surface area (Å²) in [5, 5.41) is 12.1. The minimum Gasteiger partial charge on any atom is -0.311 e. The van der Waals surface area contributed by atoms with Crippen molar-refractivity contribution in [2.75, 3.05) is 5.32 Å². The molecule has 6 heteroatoms. The number of nitrogens with one attached hydrogen (secondary N) is 1. The predicted octanol–water partition coefficient (Wildman–Crippen LogP) is 3.44. The number of fused-ring (bicyclic) bond motifs is 1. The van der Waals surface area contributed by atoms with Gasteiger partial charge >= 0.3 is 0 Å². The summed E-state index contributed by atoms with van der Waals surface area (Å²) in [5.74, 6) is 0.836. The van der Waals surface area contributed by atoms with Crippen LogP contribution in [0.3, 0.4) is 0 Å². The molecule has 0 aliphatic carbocycles. The average molecular weight is 363 g/mol. The Labute approximate surface area is 159 Å². The van der Waals surface area contributed by atoms with Gasteiger partial charge in [-0.2, -0.15) is 10.2 Å². The molecule has 2 aromatic heterocycles. The van der Waals surface area contributed by atoms with Crippen LogP contribution in [0.2, 0.25) is 0 Å². The van der Waals surface area contributed by atoms with E-state index in [1.165, 1.54) is 11.1 Å². The number of hydrogen-bond acceptors (Lipinski definition) is 3. The molecule has 4 rings (SSSR count). The first kappa shape index (κ1) is 17.5. The van der Waals surface area contributed by atoms with Gasteiger partial charge in [-0.1, -0.05) is 45.0 Å². The van der Waals surface area contributed by atoms with E-state index in [4.69, 9.17) is 5.10 Å². The third kappa shape index (κ3) is 3.16. The average Bonchev–Trinajstić information content (AvgIpc) is 3.23. The van der Waals surface area contributed by atoms with Crippen molar-refractivity contribution in [3.8, 4) is 0 Å². The van der Waals surface area contributed by atoms with Crippen molar-refractivity contribution in [2.24, 2.45) is 7.05 Å². The maximum atomic E-state index is 12.5. The van der Waals surface area contributed by atoms with E-state index in [0.717, 1.165) is 17.1 Å². The Morgan fingerprint density at radius 1 is 1.22 bits per heavy atom. The molecular formula is C21H25N5O. The van der Waals surface area contributed by atoms with Gasteiger partial charge in [0.15, 0.2) is 0 Å². The first-order valence-corrected chi connectivity index (χ1v) is 9.27. The van der Waals surface area contributed by atoms with E-state index in [2.05, 4.69) is 43.3 Å². The Morgan fingerprint density at radius 2 is 2.00 bits per heavy atom.